The number of likely N-dealkylation sites (N-methyl/N-ethyl adjacent to an activating group) is 1. The summed E-state index contributed by atoms with van der Waals surface area (Å²) in [6, 6.07) is 10.2. The molecule has 1 unspecified atom stereocenters. The first-order valence-corrected chi connectivity index (χ1v) is 7.64. The predicted octanol–water partition coefficient (Wildman–Crippen LogP) is 3.35. The van der Waals surface area contributed by atoms with Crippen molar-refractivity contribution in [2.24, 2.45) is 0 Å². The fraction of sp³-hybridized carbons (Fsp3) is 0.647. The van der Waals surface area contributed by atoms with E-state index in [9.17, 15) is 0 Å². The van der Waals surface area contributed by atoms with Crippen LogP contribution in [0.1, 0.15) is 43.7 Å². The lowest BCUT2D eigenvalue weighted by Gasteiger charge is -2.26. The molecule has 0 amide bonds. The SMILES string of the molecule is Cc1ccc(CN(C)C(C)CNC2CCCC2)cc1. The molecule has 0 heterocycles. The lowest BCUT2D eigenvalue weighted by Crippen LogP contribution is -2.40. The lowest BCUT2D eigenvalue weighted by molar-refractivity contribution is 0.237. The van der Waals surface area contributed by atoms with Gasteiger partial charge in [-0.05, 0) is 39.3 Å². The van der Waals surface area contributed by atoms with Crippen LogP contribution in [-0.4, -0.2) is 30.6 Å². The van der Waals surface area contributed by atoms with Gasteiger partial charge in [0.2, 0.25) is 0 Å². The van der Waals surface area contributed by atoms with Crippen LogP contribution >= 0.6 is 0 Å². The third-order valence-electron chi connectivity index (χ3n) is 4.36. The standard InChI is InChI=1S/C17H28N2/c1-14-8-10-16(11-9-14)13-19(3)15(2)12-18-17-6-4-5-7-17/h8-11,15,17-18H,4-7,12-13H2,1-3H3. The Morgan fingerprint density at radius 2 is 1.84 bits per heavy atom. The van der Waals surface area contributed by atoms with Crippen molar-refractivity contribution < 1.29 is 0 Å². The van der Waals surface area contributed by atoms with Crippen LogP contribution in [0.15, 0.2) is 24.3 Å². The highest BCUT2D eigenvalue weighted by atomic mass is 15.1. The molecular formula is C17H28N2. The number of hydrogen-bond donors (Lipinski definition) is 1. The van der Waals surface area contributed by atoms with Gasteiger partial charge >= 0.3 is 0 Å². The summed E-state index contributed by atoms with van der Waals surface area (Å²) in [5, 5.41) is 3.72. The molecule has 1 fully saturated rings. The Labute approximate surface area is 118 Å². The van der Waals surface area contributed by atoms with Crippen LogP contribution in [0.2, 0.25) is 0 Å². The zero-order valence-electron chi connectivity index (χ0n) is 12.7. The molecule has 1 aromatic carbocycles. The Kier molecular flexibility index (Phi) is 5.41. The zero-order valence-corrected chi connectivity index (χ0v) is 12.7. The minimum absolute atomic E-state index is 0.585. The molecule has 2 nitrogen and oxygen atoms in total. The largest absolute Gasteiger partial charge is 0.312 e. The summed E-state index contributed by atoms with van der Waals surface area (Å²) < 4.78 is 0. The van der Waals surface area contributed by atoms with Crippen molar-refractivity contribution >= 4 is 0 Å². The molecule has 0 radical (unpaired) electrons. The third-order valence-corrected chi connectivity index (χ3v) is 4.36. The number of nitrogens with one attached hydrogen (secondary N) is 1. The third kappa shape index (κ3) is 4.63. The Hall–Kier alpha value is -0.860. The van der Waals surface area contributed by atoms with Crippen molar-refractivity contribution in [3.63, 3.8) is 0 Å². The summed E-state index contributed by atoms with van der Waals surface area (Å²) in [6.07, 6.45) is 5.55. The highest BCUT2D eigenvalue weighted by Crippen LogP contribution is 2.17. The second-order valence-corrected chi connectivity index (χ2v) is 6.14. The predicted molar refractivity (Wildman–Crippen MR) is 82.4 cm³/mol. The van der Waals surface area contributed by atoms with Crippen molar-refractivity contribution in [2.75, 3.05) is 13.6 Å². The summed E-state index contributed by atoms with van der Waals surface area (Å²) in [7, 11) is 2.22. The van der Waals surface area contributed by atoms with Crippen LogP contribution in [0.4, 0.5) is 0 Å². The summed E-state index contributed by atoms with van der Waals surface area (Å²) in [4.78, 5) is 2.44. The van der Waals surface area contributed by atoms with Gasteiger partial charge in [-0.25, -0.2) is 0 Å². The molecule has 0 aromatic heterocycles. The average molecular weight is 260 g/mol. The van der Waals surface area contributed by atoms with E-state index in [1.807, 2.05) is 0 Å². The number of hydrogen-bond acceptors (Lipinski definition) is 2. The Balaban J connectivity index is 1.74. The molecule has 0 bridgehead atoms. The average Bonchev–Trinajstić information content (AvgIpc) is 2.91. The summed E-state index contributed by atoms with van der Waals surface area (Å²) in [5.41, 5.74) is 2.74. The van der Waals surface area contributed by atoms with Crippen molar-refractivity contribution in [3.05, 3.63) is 35.4 Å². The topological polar surface area (TPSA) is 15.3 Å². The second-order valence-electron chi connectivity index (χ2n) is 6.14. The van der Waals surface area contributed by atoms with Gasteiger partial charge in [-0.1, -0.05) is 42.7 Å². The van der Waals surface area contributed by atoms with Crippen molar-refractivity contribution in [1.82, 2.24) is 10.2 Å². The van der Waals surface area contributed by atoms with Gasteiger partial charge in [0.15, 0.2) is 0 Å². The van der Waals surface area contributed by atoms with E-state index >= 15 is 0 Å². The second kappa shape index (κ2) is 7.06. The smallest absolute Gasteiger partial charge is 0.0234 e. The van der Waals surface area contributed by atoms with Crippen LogP contribution < -0.4 is 5.32 Å². The summed E-state index contributed by atoms with van der Waals surface area (Å²) >= 11 is 0. The van der Waals surface area contributed by atoms with E-state index in [2.05, 4.69) is 55.4 Å². The van der Waals surface area contributed by atoms with Gasteiger partial charge in [0, 0.05) is 25.2 Å². The molecule has 2 rings (SSSR count). The fourth-order valence-corrected chi connectivity index (χ4v) is 2.76. The molecule has 1 atom stereocenters. The molecule has 1 aliphatic carbocycles. The van der Waals surface area contributed by atoms with Crippen LogP contribution in [0, 0.1) is 6.92 Å². The minimum atomic E-state index is 0.585. The van der Waals surface area contributed by atoms with Crippen molar-refractivity contribution in [1.29, 1.82) is 0 Å². The molecule has 0 spiro atoms. The molecule has 1 saturated carbocycles. The van der Waals surface area contributed by atoms with Crippen LogP contribution in [-0.2, 0) is 6.54 Å². The van der Waals surface area contributed by atoms with E-state index in [-0.39, 0.29) is 0 Å². The fourth-order valence-electron chi connectivity index (χ4n) is 2.76. The summed E-state index contributed by atoms with van der Waals surface area (Å²) in [5.74, 6) is 0. The number of nitrogens with zero attached hydrogens (tertiary/aromatic N) is 1. The number of benzene rings is 1. The maximum Gasteiger partial charge on any atom is 0.0234 e. The summed E-state index contributed by atoms with van der Waals surface area (Å²) in [6.45, 7) is 6.60. The van der Waals surface area contributed by atoms with Crippen molar-refractivity contribution in [3.8, 4) is 0 Å². The maximum atomic E-state index is 3.72. The van der Waals surface area contributed by atoms with Gasteiger partial charge in [0.1, 0.15) is 0 Å². The molecule has 1 aromatic rings. The first kappa shape index (κ1) is 14.5. The molecule has 0 aliphatic heterocycles. The highest BCUT2D eigenvalue weighted by Gasteiger charge is 2.16. The Morgan fingerprint density at radius 3 is 2.47 bits per heavy atom. The van der Waals surface area contributed by atoms with Gasteiger partial charge in [0.25, 0.3) is 0 Å². The van der Waals surface area contributed by atoms with Gasteiger partial charge in [-0.3, -0.25) is 4.90 Å². The molecule has 1 N–H and O–H groups in total. The number of rotatable bonds is 6. The van der Waals surface area contributed by atoms with Crippen molar-refractivity contribution in [2.45, 2.75) is 58.2 Å². The van der Waals surface area contributed by atoms with Crippen LogP contribution in [0.5, 0.6) is 0 Å². The zero-order chi connectivity index (χ0) is 13.7. The molecule has 2 heteroatoms. The molecule has 19 heavy (non-hydrogen) atoms. The van der Waals surface area contributed by atoms with E-state index in [0.717, 1.165) is 19.1 Å². The first-order valence-electron chi connectivity index (χ1n) is 7.64. The van der Waals surface area contributed by atoms with E-state index in [1.165, 1.54) is 36.8 Å². The molecule has 0 saturated heterocycles. The Morgan fingerprint density at radius 1 is 1.21 bits per heavy atom. The first-order chi connectivity index (χ1) is 9.15. The number of aryl methyl sites for hydroxylation is 1. The van der Waals surface area contributed by atoms with Gasteiger partial charge < -0.3 is 5.32 Å². The quantitative estimate of drug-likeness (QED) is 0.844. The van der Waals surface area contributed by atoms with Gasteiger partial charge in [-0.2, -0.15) is 0 Å². The van der Waals surface area contributed by atoms with Gasteiger partial charge in [-0.15, -0.1) is 0 Å². The van der Waals surface area contributed by atoms with E-state index in [1.54, 1.807) is 0 Å². The van der Waals surface area contributed by atoms with E-state index in [0.29, 0.717) is 6.04 Å². The van der Waals surface area contributed by atoms with E-state index in [4.69, 9.17) is 0 Å². The van der Waals surface area contributed by atoms with Crippen LogP contribution in [0.25, 0.3) is 0 Å². The lowest BCUT2D eigenvalue weighted by atomic mass is 10.1. The van der Waals surface area contributed by atoms with Crippen LogP contribution in [0.3, 0.4) is 0 Å². The molecule has 1 aliphatic rings. The maximum absolute atomic E-state index is 3.72. The van der Waals surface area contributed by atoms with Gasteiger partial charge in [0.05, 0.1) is 0 Å². The minimum Gasteiger partial charge on any atom is -0.312 e. The van der Waals surface area contributed by atoms with E-state index < -0.39 is 0 Å². The Bertz CT molecular complexity index is 365. The highest BCUT2D eigenvalue weighted by molar-refractivity contribution is 5.21. The normalized spacial score (nSPS) is 18.1. The molecule has 106 valence electrons. The molecular weight excluding hydrogens is 232 g/mol. The monoisotopic (exact) mass is 260 g/mol.